The number of rotatable bonds is 23. The Bertz CT molecular complexity index is 1590. The molecule has 55 heavy (non-hydrogen) atoms. The third-order valence-corrected chi connectivity index (χ3v) is 10.3. The van der Waals surface area contributed by atoms with Crippen molar-refractivity contribution in [1.29, 1.82) is 0 Å². The first-order valence-corrected chi connectivity index (χ1v) is 19.4. The Kier molecular flexibility index (Phi) is 9.66. The zero-order chi connectivity index (χ0) is 36.6. The lowest BCUT2D eigenvalue weighted by atomic mass is 10.2. The molecule has 3 aromatic rings. The molecule has 0 bridgehead atoms. The molecule has 3 aromatic carbocycles. The van der Waals surface area contributed by atoms with E-state index in [4.69, 9.17) is 47.4 Å². The van der Waals surface area contributed by atoms with Crippen LogP contribution in [0.15, 0.2) is 96.8 Å². The van der Waals surface area contributed by atoms with Gasteiger partial charge < -0.3 is 62.1 Å². The van der Waals surface area contributed by atoms with Crippen LogP contribution in [0.1, 0.15) is 6.42 Å². The van der Waals surface area contributed by atoms with Gasteiger partial charge in [-0.1, -0.05) is 6.08 Å². The zero-order valence-electron chi connectivity index (χ0n) is 30.7. The van der Waals surface area contributed by atoms with Crippen LogP contribution in [-0.4, -0.2) is 122 Å². The summed E-state index contributed by atoms with van der Waals surface area (Å²) in [7, 11) is 0. The van der Waals surface area contributed by atoms with Crippen LogP contribution in [0.5, 0.6) is 17.2 Å². The van der Waals surface area contributed by atoms with Gasteiger partial charge in [-0.15, -0.1) is 0 Å². The SMILES string of the molecule is C1=CC(OC(Oc2ccc(N(CC3CO3)CC3CO3)cc2)(Oc2ccc(N(CC3CO3)CC3CO3)cc2)Oc2ccc(N(CC3CO3)CC3CO3)cc2)=CC1. The van der Waals surface area contributed by atoms with Crippen molar-refractivity contribution in [3.05, 3.63) is 96.8 Å². The van der Waals surface area contributed by atoms with E-state index in [0.717, 1.165) is 102 Å². The van der Waals surface area contributed by atoms with Crippen LogP contribution in [0.4, 0.5) is 17.1 Å². The summed E-state index contributed by atoms with van der Waals surface area (Å²) in [5.74, 6) is 2.09. The topological polar surface area (TPSA) is 122 Å². The van der Waals surface area contributed by atoms with Crippen molar-refractivity contribution in [2.45, 2.75) is 49.2 Å². The maximum absolute atomic E-state index is 6.70. The minimum absolute atomic E-state index is 0.246. The molecule has 7 aliphatic rings. The highest BCUT2D eigenvalue weighted by Gasteiger charge is 2.45. The van der Waals surface area contributed by atoms with E-state index in [-0.39, 0.29) is 36.6 Å². The van der Waals surface area contributed by atoms with Crippen LogP contribution in [0.3, 0.4) is 0 Å². The van der Waals surface area contributed by atoms with Crippen molar-refractivity contribution in [2.75, 3.05) is 93.6 Å². The van der Waals surface area contributed by atoms with E-state index < -0.39 is 6.16 Å². The van der Waals surface area contributed by atoms with Gasteiger partial charge in [-0.2, -0.15) is 0 Å². The predicted molar refractivity (Wildman–Crippen MR) is 202 cm³/mol. The molecule has 10 rings (SSSR count). The molecular weight excluding hydrogens is 706 g/mol. The standard InChI is InChI=1S/C42H47N3O10/c1-2-4-32(3-1)52-42(53-33-11-5-29(6-12-33)43(17-36-23-46-36)18-37-24-47-37,54-34-13-7-30(8-14-34)44(19-38-25-48-38)20-39-26-49-39)55-35-15-9-31(10-16-35)45(21-40-27-50-40)22-41-28-51-41/h1,3-16,36-41H,2,17-28H2. The van der Waals surface area contributed by atoms with Crippen molar-refractivity contribution in [2.24, 2.45) is 0 Å². The van der Waals surface area contributed by atoms with Crippen molar-refractivity contribution in [3.8, 4) is 17.2 Å². The average molecular weight is 754 g/mol. The van der Waals surface area contributed by atoms with Gasteiger partial charge in [0.05, 0.1) is 76.3 Å². The summed E-state index contributed by atoms with van der Waals surface area (Å²) >= 11 is 0. The first kappa shape index (κ1) is 35.0. The van der Waals surface area contributed by atoms with Crippen molar-refractivity contribution < 1.29 is 47.4 Å². The molecule has 0 N–H and O–H groups in total. The van der Waals surface area contributed by atoms with E-state index in [0.29, 0.717) is 23.0 Å². The highest BCUT2D eigenvalue weighted by Crippen LogP contribution is 2.35. The normalized spacial score (nSPS) is 27.3. The van der Waals surface area contributed by atoms with Gasteiger partial charge in [0.1, 0.15) is 23.0 Å². The van der Waals surface area contributed by atoms with Gasteiger partial charge >= 0.3 is 6.16 Å². The second-order valence-corrected chi connectivity index (χ2v) is 15.1. The van der Waals surface area contributed by atoms with E-state index >= 15 is 0 Å². The number of hydrogen-bond acceptors (Lipinski definition) is 13. The van der Waals surface area contributed by atoms with Gasteiger partial charge in [-0.25, -0.2) is 0 Å². The number of ether oxygens (including phenoxy) is 10. The zero-order valence-corrected chi connectivity index (χ0v) is 30.7. The lowest BCUT2D eigenvalue weighted by molar-refractivity contribution is -0.389. The number of epoxide rings is 6. The van der Waals surface area contributed by atoms with Crippen molar-refractivity contribution >= 4 is 17.1 Å². The molecule has 13 heteroatoms. The lowest BCUT2D eigenvalue weighted by Crippen LogP contribution is -2.50. The summed E-state index contributed by atoms with van der Waals surface area (Å²) in [6.45, 7) is 9.57. The van der Waals surface area contributed by atoms with Crippen molar-refractivity contribution in [1.82, 2.24) is 0 Å². The number of allylic oxidation sites excluding steroid dienone is 3. The van der Waals surface area contributed by atoms with E-state index in [9.17, 15) is 0 Å². The predicted octanol–water partition coefficient (Wildman–Crippen LogP) is 4.51. The minimum atomic E-state index is -2.04. The molecule has 0 radical (unpaired) electrons. The van der Waals surface area contributed by atoms with Crippen LogP contribution >= 0.6 is 0 Å². The highest BCUT2D eigenvalue weighted by molar-refractivity contribution is 5.52. The van der Waals surface area contributed by atoms with Crippen LogP contribution in [0.25, 0.3) is 0 Å². The third kappa shape index (κ3) is 9.85. The quantitative estimate of drug-likeness (QED) is 0.0999. The van der Waals surface area contributed by atoms with Gasteiger partial charge in [0.15, 0.2) is 0 Å². The monoisotopic (exact) mass is 753 g/mol. The number of anilines is 3. The Balaban J connectivity index is 0.937. The summed E-state index contributed by atoms with van der Waals surface area (Å²) in [5, 5.41) is 0. The molecule has 0 saturated carbocycles. The summed E-state index contributed by atoms with van der Waals surface area (Å²) in [5.41, 5.74) is 3.15. The summed E-state index contributed by atoms with van der Waals surface area (Å²) in [4.78, 5) is 6.90. The number of benzene rings is 3. The molecule has 6 aliphatic heterocycles. The smallest absolute Gasteiger partial charge is 0.386 e. The van der Waals surface area contributed by atoms with Gasteiger partial charge in [0.25, 0.3) is 0 Å². The summed E-state index contributed by atoms with van der Waals surface area (Å²) in [6, 6.07) is 23.7. The molecule has 6 fully saturated rings. The van der Waals surface area contributed by atoms with Gasteiger partial charge in [0, 0.05) is 56.3 Å². The summed E-state index contributed by atoms with van der Waals surface area (Å²) in [6.07, 6.45) is 6.04. The van der Waals surface area contributed by atoms with Crippen LogP contribution < -0.4 is 28.9 Å². The highest BCUT2D eigenvalue weighted by atomic mass is 17.0. The molecule has 0 aromatic heterocycles. The Hall–Kier alpha value is -4.50. The Morgan fingerprint density at radius 3 is 0.964 bits per heavy atom. The number of nitrogens with zero attached hydrogens (tertiary/aromatic N) is 3. The van der Waals surface area contributed by atoms with Crippen LogP contribution in [0.2, 0.25) is 0 Å². The van der Waals surface area contributed by atoms with Crippen LogP contribution in [-0.2, 0) is 33.2 Å². The fourth-order valence-electron chi connectivity index (χ4n) is 6.76. The Morgan fingerprint density at radius 2 is 0.727 bits per heavy atom. The fourth-order valence-corrected chi connectivity index (χ4v) is 6.76. The molecule has 6 atom stereocenters. The van der Waals surface area contributed by atoms with E-state index in [1.165, 1.54) is 0 Å². The molecule has 1 aliphatic carbocycles. The molecule has 6 saturated heterocycles. The third-order valence-electron chi connectivity index (χ3n) is 10.3. The number of hydrogen-bond donors (Lipinski definition) is 0. The molecule has 6 unspecified atom stereocenters. The molecular formula is C42H47N3O10. The molecule has 290 valence electrons. The maximum Gasteiger partial charge on any atom is 0.611 e. The molecule has 13 nitrogen and oxygen atoms in total. The van der Waals surface area contributed by atoms with Gasteiger partial charge in [-0.05, 0) is 91.4 Å². The molecule has 0 spiro atoms. The molecule has 6 heterocycles. The summed E-state index contributed by atoms with van der Waals surface area (Å²) < 4.78 is 60.0. The Labute approximate surface area is 320 Å². The minimum Gasteiger partial charge on any atom is -0.386 e. The van der Waals surface area contributed by atoms with Gasteiger partial charge in [0.2, 0.25) is 0 Å². The average Bonchev–Trinajstić information content (AvgIpc) is 3.97. The maximum atomic E-state index is 6.70. The Morgan fingerprint density at radius 1 is 0.436 bits per heavy atom. The second kappa shape index (κ2) is 15.2. The lowest BCUT2D eigenvalue weighted by Gasteiger charge is -2.33. The first-order chi connectivity index (χ1) is 27.1. The largest absolute Gasteiger partial charge is 0.611 e. The first-order valence-electron chi connectivity index (χ1n) is 19.4. The second-order valence-electron chi connectivity index (χ2n) is 15.1. The van der Waals surface area contributed by atoms with Gasteiger partial charge in [-0.3, -0.25) is 0 Å². The van der Waals surface area contributed by atoms with E-state index in [1.54, 1.807) is 0 Å². The van der Waals surface area contributed by atoms with E-state index in [2.05, 4.69) is 14.7 Å². The fraction of sp³-hybridized carbons (Fsp3) is 0.476. The molecule has 0 amide bonds. The van der Waals surface area contributed by atoms with Crippen molar-refractivity contribution in [3.63, 3.8) is 0 Å². The van der Waals surface area contributed by atoms with E-state index in [1.807, 2.05) is 91.0 Å². The van der Waals surface area contributed by atoms with Crippen LogP contribution in [0, 0.1) is 0 Å².